The van der Waals surface area contributed by atoms with Crippen LogP contribution in [-0.2, 0) is 12.8 Å². The van der Waals surface area contributed by atoms with E-state index in [0.29, 0.717) is 0 Å². The number of rotatable bonds is 0. The standard InChI is InChI=1S/C9H13NS/c1-6-3-4-8-9(5-6)11-7(2)10-8/h6H,3-5H2,1-2H3/t6-/m0/s1. The smallest absolute Gasteiger partial charge is 0.0900 e. The number of aryl methyl sites for hydroxylation is 2. The molecule has 0 amide bonds. The van der Waals surface area contributed by atoms with Crippen molar-refractivity contribution in [1.82, 2.24) is 4.98 Å². The number of thiazole rings is 1. The minimum Gasteiger partial charge on any atom is -0.246 e. The first-order valence-electron chi connectivity index (χ1n) is 4.21. The van der Waals surface area contributed by atoms with Crippen molar-refractivity contribution < 1.29 is 0 Å². The lowest BCUT2D eigenvalue weighted by Crippen LogP contribution is -2.09. The van der Waals surface area contributed by atoms with Crippen molar-refractivity contribution >= 4 is 11.3 Å². The van der Waals surface area contributed by atoms with Gasteiger partial charge in [-0.15, -0.1) is 11.3 Å². The maximum Gasteiger partial charge on any atom is 0.0900 e. The monoisotopic (exact) mass is 167 g/mol. The van der Waals surface area contributed by atoms with E-state index < -0.39 is 0 Å². The van der Waals surface area contributed by atoms with Crippen molar-refractivity contribution in [3.05, 3.63) is 15.6 Å². The summed E-state index contributed by atoms with van der Waals surface area (Å²) in [5.74, 6) is 0.877. The highest BCUT2D eigenvalue weighted by Gasteiger charge is 2.17. The molecule has 1 nitrogen and oxygen atoms in total. The van der Waals surface area contributed by atoms with E-state index in [2.05, 4.69) is 18.8 Å². The van der Waals surface area contributed by atoms with Gasteiger partial charge in [0.1, 0.15) is 0 Å². The van der Waals surface area contributed by atoms with Crippen molar-refractivity contribution in [1.29, 1.82) is 0 Å². The van der Waals surface area contributed by atoms with E-state index in [-0.39, 0.29) is 0 Å². The normalized spacial score (nSPS) is 23.3. The Morgan fingerprint density at radius 2 is 2.36 bits per heavy atom. The van der Waals surface area contributed by atoms with E-state index in [1.54, 1.807) is 4.88 Å². The fourth-order valence-electron chi connectivity index (χ4n) is 1.67. The third-order valence-electron chi connectivity index (χ3n) is 2.29. The highest BCUT2D eigenvalue weighted by Crippen LogP contribution is 2.28. The molecule has 2 rings (SSSR count). The number of hydrogen-bond donors (Lipinski definition) is 0. The summed E-state index contributed by atoms with van der Waals surface area (Å²) in [6, 6.07) is 0. The first-order valence-corrected chi connectivity index (χ1v) is 5.02. The predicted octanol–water partition coefficient (Wildman–Crippen LogP) is 2.58. The number of fused-ring (bicyclic) bond motifs is 1. The van der Waals surface area contributed by atoms with E-state index in [1.807, 2.05) is 11.3 Å². The van der Waals surface area contributed by atoms with Gasteiger partial charge in [0.2, 0.25) is 0 Å². The molecule has 0 fully saturated rings. The lowest BCUT2D eigenvalue weighted by atomic mass is 9.93. The molecule has 1 aromatic heterocycles. The summed E-state index contributed by atoms with van der Waals surface area (Å²) in [6.07, 6.45) is 3.80. The third-order valence-corrected chi connectivity index (χ3v) is 3.33. The van der Waals surface area contributed by atoms with Crippen LogP contribution in [0.4, 0.5) is 0 Å². The Balaban J connectivity index is 2.34. The Morgan fingerprint density at radius 1 is 1.55 bits per heavy atom. The minimum absolute atomic E-state index is 0.877. The molecule has 60 valence electrons. The molecular formula is C9H13NS. The van der Waals surface area contributed by atoms with Crippen LogP contribution in [0.1, 0.15) is 28.9 Å². The number of aromatic nitrogens is 1. The van der Waals surface area contributed by atoms with Crippen LogP contribution in [0.3, 0.4) is 0 Å². The molecule has 0 spiro atoms. The molecule has 0 saturated heterocycles. The molecule has 1 atom stereocenters. The average Bonchev–Trinajstić information content (AvgIpc) is 2.27. The topological polar surface area (TPSA) is 12.9 Å². The quantitative estimate of drug-likeness (QED) is 0.578. The number of hydrogen-bond acceptors (Lipinski definition) is 2. The van der Waals surface area contributed by atoms with Gasteiger partial charge in [-0.3, -0.25) is 0 Å². The molecule has 0 bridgehead atoms. The SMILES string of the molecule is Cc1nc2c(s1)C[C@@H](C)CC2. The summed E-state index contributed by atoms with van der Waals surface area (Å²) in [5, 5.41) is 1.24. The molecule has 1 aliphatic rings. The molecule has 0 radical (unpaired) electrons. The highest BCUT2D eigenvalue weighted by atomic mass is 32.1. The first kappa shape index (κ1) is 7.29. The summed E-state index contributed by atoms with van der Waals surface area (Å²) in [5.41, 5.74) is 1.38. The van der Waals surface area contributed by atoms with Crippen molar-refractivity contribution in [2.45, 2.75) is 33.1 Å². The molecule has 1 heterocycles. The molecule has 0 aromatic carbocycles. The minimum atomic E-state index is 0.877. The van der Waals surface area contributed by atoms with Crippen molar-refractivity contribution in [2.24, 2.45) is 5.92 Å². The van der Waals surface area contributed by atoms with Crippen molar-refractivity contribution in [3.63, 3.8) is 0 Å². The lowest BCUT2D eigenvalue weighted by molar-refractivity contribution is 0.501. The second-order valence-electron chi connectivity index (χ2n) is 3.45. The average molecular weight is 167 g/mol. The summed E-state index contributed by atoms with van der Waals surface area (Å²) in [4.78, 5) is 6.05. The highest BCUT2D eigenvalue weighted by molar-refractivity contribution is 7.11. The molecule has 1 aliphatic carbocycles. The van der Waals surface area contributed by atoms with Gasteiger partial charge in [-0.25, -0.2) is 4.98 Å². The molecule has 0 N–H and O–H groups in total. The Morgan fingerprint density at radius 3 is 3.18 bits per heavy atom. The van der Waals surface area contributed by atoms with Gasteiger partial charge < -0.3 is 0 Å². The summed E-state index contributed by atoms with van der Waals surface area (Å²) >= 11 is 1.88. The Hall–Kier alpha value is -0.370. The zero-order valence-electron chi connectivity index (χ0n) is 7.05. The van der Waals surface area contributed by atoms with Gasteiger partial charge in [0.15, 0.2) is 0 Å². The fraction of sp³-hybridized carbons (Fsp3) is 0.667. The fourth-order valence-corrected chi connectivity index (χ4v) is 2.81. The molecule has 0 unspecified atom stereocenters. The van der Waals surface area contributed by atoms with Gasteiger partial charge in [-0.2, -0.15) is 0 Å². The largest absolute Gasteiger partial charge is 0.246 e. The van der Waals surface area contributed by atoms with Crippen LogP contribution in [0.5, 0.6) is 0 Å². The first-order chi connectivity index (χ1) is 5.25. The Bertz CT molecular complexity index is 265. The maximum atomic E-state index is 4.50. The number of nitrogens with zero attached hydrogens (tertiary/aromatic N) is 1. The molecule has 1 aromatic rings. The van der Waals surface area contributed by atoms with Gasteiger partial charge >= 0.3 is 0 Å². The van der Waals surface area contributed by atoms with Gasteiger partial charge in [-0.05, 0) is 32.1 Å². The third kappa shape index (κ3) is 1.32. The van der Waals surface area contributed by atoms with Gasteiger partial charge in [0.25, 0.3) is 0 Å². The lowest BCUT2D eigenvalue weighted by Gasteiger charge is -2.15. The molecule has 0 aliphatic heterocycles. The molecular weight excluding hydrogens is 154 g/mol. The Labute approximate surface area is 71.5 Å². The van der Waals surface area contributed by atoms with Crippen molar-refractivity contribution in [2.75, 3.05) is 0 Å². The summed E-state index contributed by atoms with van der Waals surface area (Å²) in [6.45, 7) is 4.44. The zero-order valence-corrected chi connectivity index (χ0v) is 7.87. The zero-order chi connectivity index (χ0) is 7.84. The van der Waals surface area contributed by atoms with Crippen LogP contribution in [0, 0.1) is 12.8 Å². The molecule has 11 heavy (non-hydrogen) atoms. The van der Waals surface area contributed by atoms with E-state index in [1.165, 1.54) is 30.0 Å². The van der Waals surface area contributed by atoms with E-state index in [9.17, 15) is 0 Å². The van der Waals surface area contributed by atoms with Crippen LogP contribution < -0.4 is 0 Å². The molecule has 0 saturated carbocycles. The van der Waals surface area contributed by atoms with Crippen LogP contribution >= 0.6 is 11.3 Å². The van der Waals surface area contributed by atoms with Crippen LogP contribution in [0.25, 0.3) is 0 Å². The molecule has 2 heteroatoms. The summed E-state index contributed by atoms with van der Waals surface area (Å²) in [7, 11) is 0. The van der Waals surface area contributed by atoms with Crippen molar-refractivity contribution in [3.8, 4) is 0 Å². The maximum absolute atomic E-state index is 4.50. The van der Waals surface area contributed by atoms with E-state index >= 15 is 0 Å². The summed E-state index contributed by atoms with van der Waals surface area (Å²) < 4.78 is 0. The van der Waals surface area contributed by atoms with Gasteiger partial charge in [0, 0.05) is 4.88 Å². The van der Waals surface area contributed by atoms with E-state index in [4.69, 9.17) is 0 Å². The predicted molar refractivity (Wildman–Crippen MR) is 48.0 cm³/mol. The Kier molecular flexibility index (Phi) is 1.72. The second-order valence-corrected chi connectivity index (χ2v) is 4.74. The van der Waals surface area contributed by atoms with Crippen LogP contribution in [0.2, 0.25) is 0 Å². The van der Waals surface area contributed by atoms with E-state index in [0.717, 1.165) is 5.92 Å². The van der Waals surface area contributed by atoms with Gasteiger partial charge in [0.05, 0.1) is 10.7 Å². The van der Waals surface area contributed by atoms with Gasteiger partial charge in [-0.1, -0.05) is 6.92 Å². The second kappa shape index (κ2) is 2.59. The van der Waals surface area contributed by atoms with Crippen LogP contribution in [-0.4, -0.2) is 4.98 Å². The van der Waals surface area contributed by atoms with Crippen LogP contribution in [0.15, 0.2) is 0 Å².